The number of ether oxygens (including phenoxy) is 2. The van der Waals surface area contributed by atoms with Gasteiger partial charge in [-0.2, -0.15) is 0 Å². The Morgan fingerprint density at radius 3 is 2.65 bits per heavy atom. The molecule has 4 rings (SSSR count). The fourth-order valence-electron chi connectivity index (χ4n) is 3.40. The van der Waals surface area contributed by atoms with Gasteiger partial charge in [0.05, 0.1) is 12.2 Å². The average Bonchev–Trinajstić information content (AvgIpc) is 2.99. The molecule has 0 saturated carbocycles. The number of rotatable bonds is 3. The molecule has 0 bridgehead atoms. The molecular weight excluding hydrogens is 352 g/mol. The number of hydrogen-bond donors (Lipinski definition) is 0. The molecule has 1 atom stereocenters. The van der Waals surface area contributed by atoms with Gasteiger partial charge in [-0.05, 0) is 41.1 Å². The quantitative estimate of drug-likeness (QED) is 0.610. The maximum Gasteiger partial charge on any atom is 0.338 e. The maximum atomic E-state index is 12.6. The number of ketones is 1. The van der Waals surface area contributed by atoms with Crippen LogP contribution >= 0.6 is 11.6 Å². The van der Waals surface area contributed by atoms with E-state index in [4.69, 9.17) is 21.1 Å². The zero-order valence-electron chi connectivity index (χ0n) is 14.0. The summed E-state index contributed by atoms with van der Waals surface area (Å²) in [5.74, 6) is -0.485. The van der Waals surface area contributed by atoms with Gasteiger partial charge < -0.3 is 9.47 Å². The first kappa shape index (κ1) is 17.0. The van der Waals surface area contributed by atoms with E-state index in [1.807, 2.05) is 36.4 Å². The van der Waals surface area contributed by atoms with Gasteiger partial charge >= 0.3 is 5.97 Å². The highest BCUT2D eigenvalue weighted by Gasteiger charge is 2.47. The molecule has 2 aliphatic rings. The van der Waals surface area contributed by atoms with Gasteiger partial charge in [0.25, 0.3) is 0 Å². The lowest BCUT2D eigenvalue weighted by Gasteiger charge is -2.24. The molecule has 0 aromatic heterocycles. The van der Waals surface area contributed by atoms with Crippen LogP contribution in [0, 0.1) is 0 Å². The van der Waals surface area contributed by atoms with Gasteiger partial charge in [-0.1, -0.05) is 36.4 Å². The fourth-order valence-corrected chi connectivity index (χ4v) is 3.72. The summed E-state index contributed by atoms with van der Waals surface area (Å²) < 4.78 is 11.3. The van der Waals surface area contributed by atoms with E-state index < -0.39 is 16.4 Å². The number of allylic oxidation sites excluding steroid dienone is 2. The molecule has 1 fully saturated rings. The van der Waals surface area contributed by atoms with Gasteiger partial charge in [0, 0.05) is 6.42 Å². The molecule has 0 N–H and O–H groups in total. The number of alkyl halides is 1. The molecule has 0 amide bonds. The first-order valence-corrected chi connectivity index (χ1v) is 8.77. The van der Waals surface area contributed by atoms with Gasteiger partial charge in [-0.15, -0.1) is 11.6 Å². The molecule has 2 aromatic rings. The molecule has 1 saturated heterocycles. The van der Waals surface area contributed by atoms with Gasteiger partial charge in [0.15, 0.2) is 5.78 Å². The van der Waals surface area contributed by atoms with Crippen LogP contribution in [0.5, 0.6) is 0 Å². The van der Waals surface area contributed by atoms with E-state index in [1.54, 1.807) is 18.2 Å². The minimum Gasteiger partial charge on any atom is -0.460 e. The first-order chi connectivity index (χ1) is 12.5. The topological polar surface area (TPSA) is 52.6 Å². The number of hydrogen-bond acceptors (Lipinski definition) is 4. The highest BCUT2D eigenvalue weighted by molar-refractivity contribution is 6.24. The highest BCUT2D eigenvalue weighted by atomic mass is 35.5. The second kappa shape index (κ2) is 6.38. The van der Waals surface area contributed by atoms with Crippen LogP contribution in [0.4, 0.5) is 0 Å². The molecular formula is C21H17ClO4. The van der Waals surface area contributed by atoms with Gasteiger partial charge in [-0.25, -0.2) is 4.79 Å². The molecule has 1 aliphatic carbocycles. The van der Waals surface area contributed by atoms with Gasteiger partial charge in [0.1, 0.15) is 17.1 Å². The third kappa shape index (κ3) is 3.18. The van der Waals surface area contributed by atoms with E-state index in [0.717, 1.165) is 10.8 Å². The van der Waals surface area contributed by atoms with Crippen LogP contribution in [-0.2, 0) is 14.3 Å². The Bertz CT molecular complexity index is 925. The number of esters is 1. The number of carbonyl (C=O) groups excluding carboxylic acids is 2. The minimum atomic E-state index is -0.824. The van der Waals surface area contributed by atoms with Crippen LogP contribution in [0.3, 0.4) is 0 Å². The summed E-state index contributed by atoms with van der Waals surface area (Å²) >= 11 is 6.62. The van der Waals surface area contributed by atoms with Crippen LogP contribution in [0.25, 0.3) is 10.8 Å². The molecule has 0 radical (unpaired) electrons. The normalized spacial score (nSPS) is 23.7. The summed E-state index contributed by atoms with van der Waals surface area (Å²) in [5, 5.41) is 1.83. The van der Waals surface area contributed by atoms with Crippen molar-refractivity contribution < 1.29 is 19.1 Å². The van der Waals surface area contributed by atoms with E-state index in [0.29, 0.717) is 12.0 Å². The molecule has 1 aliphatic heterocycles. The third-order valence-corrected chi connectivity index (χ3v) is 5.08. The smallest absolute Gasteiger partial charge is 0.338 e. The second-order valence-electron chi connectivity index (χ2n) is 6.74. The van der Waals surface area contributed by atoms with Crippen molar-refractivity contribution in [2.24, 2.45) is 0 Å². The largest absolute Gasteiger partial charge is 0.460 e. The molecule has 1 spiro atoms. The minimum absolute atomic E-state index is 0.0357. The Morgan fingerprint density at radius 1 is 1.12 bits per heavy atom. The second-order valence-corrected chi connectivity index (χ2v) is 7.54. The molecule has 1 heterocycles. The summed E-state index contributed by atoms with van der Waals surface area (Å²) in [6.45, 7) is 0.272. The molecule has 5 heteroatoms. The Labute approximate surface area is 156 Å². The Hall–Kier alpha value is -2.43. The Kier molecular flexibility index (Phi) is 4.17. The van der Waals surface area contributed by atoms with E-state index in [2.05, 4.69) is 0 Å². The SMILES string of the molecule is O=C1C=CC2(C=C1)C[C@@](Cl)(COC(=O)c1cccc3ccccc13)CO2. The summed E-state index contributed by atoms with van der Waals surface area (Å²) in [6, 6.07) is 13.2. The predicted molar refractivity (Wildman–Crippen MR) is 99.4 cm³/mol. The fraction of sp³-hybridized carbons (Fsp3) is 0.238. The van der Waals surface area contributed by atoms with Crippen molar-refractivity contribution in [1.29, 1.82) is 0 Å². The molecule has 26 heavy (non-hydrogen) atoms. The molecule has 132 valence electrons. The number of halogens is 1. The van der Waals surface area contributed by atoms with Crippen molar-refractivity contribution in [2.75, 3.05) is 13.2 Å². The molecule has 0 unspecified atom stereocenters. The lowest BCUT2D eigenvalue weighted by atomic mass is 9.90. The van der Waals surface area contributed by atoms with Crippen LogP contribution in [0.15, 0.2) is 66.8 Å². The standard InChI is InChI=1S/C21H17ClO4/c22-20(12-21(26-14-20)10-8-16(23)9-11-21)13-25-19(24)18-7-3-5-15-4-1-2-6-17(15)18/h1-11H,12-14H2/t20-/m1/s1. The van der Waals surface area contributed by atoms with Crippen LogP contribution < -0.4 is 0 Å². The van der Waals surface area contributed by atoms with Crippen molar-refractivity contribution in [3.63, 3.8) is 0 Å². The number of carbonyl (C=O) groups is 2. The van der Waals surface area contributed by atoms with Crippen molar-refractivity contribution in [1.82, 2.24) is 0 Å². The molecule has 2 aromatic carbocycles. The number of benzene rings is 2. The van der Waals surface area contributed by atoms with Crippen LogP contribution in [0.1, 0.15) is 16.8 Å². The monoisotopic (exact) mass is 368 g/mol. The zero-order chi connectivity index (χ0) is 18.2. The van der Waals surface area contributed by atoms with Crippen molar-refractivity contribution in [2.45, 2.75) is 16.9 Å². The highest BCUT2D eigenvalue weighted by Crippen LogP contribution is 2.41. The Morgan fingerprint density at radius 2 is 1.85 bits per heavy atom. The number of fused-ring (bicyclic) bond motifs is 1. The van der Waals surface area contributed by atoms with E-state index >= 15 is 0 Å². The van der Waals surface area contributed by atoms with Gasteiger partial charge in [-0.3, -0.25) is 4.79 Å². The molecule has 4 nitrogen and oxygen atoms in total. The van der Waals surface area contributed by atoms with E-state index in [9.17, 15) is 9.59 Å². The first-order valence-electron chi connectivity index (χ1n) is 8.39. The average molecular weight is 369 g/mol. The lowest BCUT2D eigenvalue weighted by molar-refractivity contribution is -0.110. The van der Waals surface area contributed by atoms with E-state index in [-0.39, 0.29) is 19.0 Å². The summed E-state index contributed by atoms with van der Waals surface area (Å²) in [7, 11) is 0. The lowest BCUT2D eigenvalue weighted by Crippen LogP contribution is -2.32. The van der Waals surface area contributed by atoms with E-state index in [1.165, 1.54) is 12.2 Å². The zero-order valence-corrected chi connectivity index (χ0v) is 14.7. The van der Waals surface area contributed by atoms with Crippen LogP contribution in [0.2, 0.25) is 0 Å². The van der Waals surface area contributed by atoms with Crippen molar-refractivity contribution in [3.8, 4) is 0 Å². The third-order valence-electron chi connectivity index (χ3n) is 4.72. The van der Waals surface area contributed by atoms with Gasteiger partial charge in [0.2, 0.25) is 0 Å². The predicted octanol–water partition coefficient (Wildman–Crippen LogP) is 3.83. The Balaban J connectivity index is 1.47. The maximum absolute atomic E-state index is 12.6. The summed E-state index contributed by atoms with van der Waals surface area (Å²) in [5.41, 5.74) is -0.179. The van der Waals surface area contributed by atoms with Crippen molar-refractivity contribution >= 4 is 34.1 Å². The summed E-state index contributed by atoms with van der Waals surface area (Å²) in [4.78, 5) is 23.1. The van der Waals surface area contributed by atoms with Crippen LogP contribution in [-0.4, -0.2) is 35.4 Å². The summed E-state index contributed by atoms with van der Waals surface area (Å²) in [6.07, 6.45) is 6.82. The van der Waals surface area contributed by atoms with Crippen molar-refractivity contribution in [3.05, 3.63) is 72.3 Å².